The lowest BCUT2D eigenvalue weighted by Gasteiger charge is -2.39. The summed E-state index contributed by atoms with van der Waals surface area (Å²) in [5.41, 5.74) is 8.73. The molecule has 0 aliphatic carbocycles. The number of likely N-dealkylation sites (N-methyl/N-ethyl adjacent to an activating group) is 1. The van der Waals surface area contributed by atoms with Crippen LogP contribution in [0.2, 0.25) is 0 Å². The standard InChI is InChI=1S/C31H33F3N6O4/c1-39-11-8-21-14-20(6-7-22(21)27(39)41)18-2-4-19(5-3-18)26(31(32,33)34)44-25-15-24(37-29(35)38-25)40-12-9-30(10-13-40)16-23(28(42)43)36-17-30/h2-7,14-15,23,26,36H,8-13,16-17H2,1H3,(H,42,43)(H2,35,37,38). The summed E-state index contributed by atoms with van der Waals surface area (Å²) >= 11 is 0. The average Bonchev–Trinajstić information content (AvgIpc) is 3.41. The number of nitrogens with two attached hydrogens (primary N) is 1. The third-order valence-electron chi connectivity index (χ3n) is 8.99. The van der Waals surface area contributed by atoms with Crippen molar-refractivity contribution in [2.75, 3.05) is 43.9 Å². The average molecular weight is 611 g/mol. The number of hydrogen-bond acceptors (Lipinski definition) is 8. The van der Waals surface area contributed by atoms with E-state index in [1.165, 1.54) is 18.2 Å². The molecule has 44 heavy (non-hydrogen) atoms. The highest BCUT2D eigenvalue weighted by Gasteiger charge is 2.45. The molecular weight excluding hydrogens is 577 g/mol. The first-order valence-corrected chi connectivity index (χ1v) is 14.5. The highest BCUT2D eigenvalue weighted by Crippen LogP contribution is 2.41. The van der Waals surface area contributed by atoms with Crippen molar-refractivity contribution in [3.8, 4) is 17.0 Å². The summed E-state index contributed by atoms with van der Waals surface area (Å²) in [6, 6.07) is 12.2. The van der Waals surface area contributed by atoms with Gasteiger partial charge in [-0.05, 0) is 53.9 Å². The predicted molar refractivity (Wildman–Crippen MR) is 156 cm³/mol. The molecule has 1 spiro atoms. The molecular formula is C31H33F3N6O4. The molecule has 2 saturated heterocycles. The first-order valence-electron chi connectivity index (χ1n) is 14.5. The zero-order chi connectivity index (χ0) is 31.2. The zero-order valence-corrected chi connectivity index (χ0v) is 24.1. The van der Waals surface area contributed by atoms with Crippen LogP contribution in [0.15, 0.2) is 48.5 Å². The number of carbonyl (C=O) groups excluding carboxylic acids is 1. The number of carboxylic acid groups (broad SMARTS) is 1. The maximum Gasteiger partial charge on any atom is 0.429 e. The van der Waals surface area contributed by atoms with E-state index in [0.29, 0.717) is 68.8 Å². The monoisotopic (exact) mass is 610 g/mol. The van der Waals surface area contributed by atoms with E-state index in [9.17, 15) is 27.9 Å². The largest absolute Gasteiger partial charge is 0.480 e. The number of halogens is 3. The molecule has 13 heteroatoms. The van der Waals surface area contributed by atoms with Gasteiger partial charge < -0.3 is 30.7 Å². The molecule has 0 saturated carbocycles. The quantitative estimate of drug-likeness (QED) is 0.378. The SMILES string of the molecule is CN1CCc2cc(-c3ccc(C(Oc4cc(N5CCC6(CC5)CNC(C(=O)O)C6)nc(N)n4)C(F)(F)F)cc3)ccc2C1=O. The van der Waals surface area contributed by atoms with Crippen LogP contribution in [0.3, 0.4) is 0 Å². The van der Waals surface area contributed by atoms with E-state index >= 15 is 0 Å². The van der Waals surface area contributed by atoms with Gasteiger partial charge in [0.1, 0.15) is 11.9 Å². The van der Waals surface area contributed by atoms with Crippen molar-refractivity contribution in [2.24, 2.45) is 5.41 Å². The fourth-order valence-electron chi connectivity index (χ4n) is 6.41. The minimum Gasteiger partial charge on any atom is -0.480 e. The van der Waals surface area contributed by atoms with Gasteiger partial charge in [0.2, 0.25) is 17.9 Å². The molecule has 1 aromatic heterocycles. The number of benzene rings is 2. The molecule has 10 nitrogen and oxygen atoms in total. The van der Waals surface area contributed by atoms with Crippen LogP contribution in [0.4, 0.5) is 24.9 Å². The number of carboxylic acids is 1. The van der Waals surface area contributed by atoms with E-state index in [0.717, 1.165) is 11.1 Å². The van der Waals surface area contributed by atoms with Crippen molar-refractivity contribution in [1.82, 2.24) is 20.2 Å². The van der Waals surface area contributed by atoms with Crippen molar-refractivity contribution in [3.05, 3.63) is 65.2 Å². The minimum atomic E-state index is -4.74. The van der Waals surface area contributed by atoms with Crippen molar-refractivity contribution in [1.29, 1.82) is 0 Å². The third kappa shape index (κ3) is 5.88. The number of aromatic nitrogens is 2. The molecule has 2 atom stereocenters. The zero-order valence-electron chi connectivity index (χ0n) is 24.1. The van der Waals surface area contributed by atoms with Crippen LogP contribution >= 0.6 is 0 Å². The molecule has 6 rings (SSSR count). The Balaban J connectivity index is 1.18. The number of nitrogen functional groups attached to an aromatic ring is 1. The number of anilines is 2. The van der Waals surface area contributed by atoms with Crippen LogP contribution in [-0.2, 0) is 11.2 Å². The number of fused-ring (bicyclic) bond motifs is 1. The van der Waals surface area contributed by atoms with Gasteiger partial charge in [0, 0.05) is 50.4 Å². The van der Waals surface area contributed by atoms with Gasteiger partial charge in [-0.2, -0.15) is 23.1 Å². The Kier molecular flexibility index (Phi) is 7.60. The highest BCUT2D eigenvalue weighted by atomic mass is 19.4. The minimum absolute atomic E-state index is 0.0453. The number of carbonyl (C=O) groups is 2. The van der Waals surface area contributed by atoms with E-state index in [1.807, 2.05) is 11.0 Å². The normalized spacial score (nSPS) is 20.5. The van der Waals surface area contributed by atoms with Crippen LogP contribution in [0.25, 0.3) is 11.1 Å². The first kappa shape index (κ1) is 29.7. The van der Waals surface area contributed by atoms with Crippen molar-refractivity contribution in [3.63, 3.8) is 0 Å². The van der Waals surface area contributed by atoms with Gasteiger partial charge >= 0.3 is 12.1 Å². The number of alkyl halides is 3. The summed E-state index contributed by atoms with van der Waals surface area (Å²) in [4.78, 5) is 35.5. The second-order valence-electron chi connectivity index (χ2n) is 11.9. The van der Waals surface area contributed by atoms with Gasteiger partial charge in [0.15, 0.2) is 0 Å². The van der Waals surface area contributed by atoms with Gasteiger partial charge in [-0.15, -0.1) is 0 Å². The van der Waals surface area contributed by atoms with Gasteiger partial charge in [-0.25, -0.2) is 0 Å². The summed E-state index contributed by atoms with van der Waals surface area (Å²) in [6.07, 6.45) is -4.38. The lowest BCUT2D eigenvalue weighted by Crippen LogP contribution is -2.41. The molecule has 232 valence electrons. The smallest absolute Gasteiger partial charge is 0.429 e. The Hall–Kier alpha value is -4.39. The lowest BCUT2D eigenvalue weighted by molar-refractivity contribution is -0.198. The highest BCUT2D eigenvalue weighted by molar-refractivity contribution is 5.97. The maximum atomic E-state index is 14.3. The Morgan fingerprint density at radius 3 is 2.45 bits per heavy atom. The number of rotatable bonds is 6. The number of piperidine rings is 1. The Morgan fingerprint density at radius 1 is 1.09 bits per heavy atom. The summed E-state index contributed by atoms with van der Waals surface area (Å²) in [5, 5.41) is 12.4. The van der Waals surface area contributed by atoms with Crippen LogP contribution in [0.1, 0.15) is 46.9 Å². The Bertz CT molecular complexity index is 1570. The van der Waals surface area contributed by atoms with Crippen LogP contribution in [0.5, 0.6) is 5.88 Å². The van der Waals surface area contributed by atoms with Gasteiger partial charge in [0.05, 0.1) is 0 Å². The molecule has 1 amide bonds. The molecule has 4 heterocycles. The Morgan fingerprint density at radius 2 is 1.80 bits per heavy atom. The molecule has 3 aromatic rings. The second kappa shape index (κ2) is 11.3. The summed E-state index contributed by atoms with van der Waals surface area (Å²) in [6.45, 7) is 2.30. The Labute approximate surface area is 252 Å². The fourth-order valence-corrected chi connectivity index (χ4v) is 6.41. The number of nitrogens with one attached hydrogen (secondary N) is 1. The molecule has 3 aliphatic heterocycles. The molecule has 3 aliphatic rings. The number of amides is 1. The summed E-state index contributed by atoms with van der Waals surface area (Å²) in [5.74, 6) is -1.06. The summed E-state index contributed by atoms with van der Waals surface area (Å²) in [7, 11) is 1.75. The number of ether oxygens (including phenoxy) is 1. The van der Waals surface area contributed by atoms with E-state index in [-0.39, 0.29) is 28.7 Å². The fraction of sp³-hybridized carbons (Fsp3) is 0.419. The molecule has 0 bridgehead atoms. The van der Waals surface area contributed by atoms with Crippen LogP contribution in [-0.4, -0.2) is 77.3 Å². The molecule has 2 unspecified atom stereocenters. The predicted octanol–water partition coefficient (Wildman–Crippen LogP) is 4.07. The first-order chi connectivity index (χ1) is 20.9. The van der Waals surface area contributed by atoms with Gasteiger partial charge in [-0.1, -0.05) is 36.4 Å². The third-order valence-corrected chi connectivity index (χ3v) is 8.99. The van der Waals surface area contributed by atoms with Crippen LogP contribution in [0, 0.1) is 5.41 Å². The number of nitrogens with zero attached hydrogens (tertiary/aromatic N) is 4. The van der Waals surface area contributed by atoms with E-state index < -0.39 is 24.3 Å². The molecule has 2 fully saturated rings. The molecule has 4 N–H and O–H groups in total. The van der Waals surface area contributed by atoms with Crippen LogP contribution < -0.4 is 20.7 Å². The maximum absolute atomic E-state index is 14.3. The second-order valence-corrected chi connectivity index (χ2v) is 11.9. The molecule has 2 aromatic carbocycles. The topological polar surface area (TPSA) is 134 Å². The van der Waals surface area contributed by atoms with E-state index in [1.54, 1.807) is 36.2 Å². The number of hydrogen-bond donors (Lipinski definition) is 3. The van der Waals surface area contributed by atoms with Crippen molar-refractivity contribution in [2.45, 2.75) is 44.0 Å². The van der Waals surface area contributed by atoms with E-state index in [4.69, 9.17) is 10.5 Å². The summed E-state index contributed by atoms with van der Waals surface area (Å²) < 4.78 is 48.3. The lowest BCUT2D eigenvalue weighted by atomic mass is 9.76. The van der Waals surface area contributed by atoms with E-state index in [2.05, 4.69) is 15.3 Å². The molecule has 0 radical (unpaired) electrons. The van der Waals surface area contributed by atoms with Crippen molar-refractivity contribution >= 4 is 23.6 Å². The van der Waals surface area contributed by atoms with Gasteiger partial charge in [-0.3, -0.25) is 9.59 Å². The van der Waals surface area contributed by atoms with Crippen molar-refractivity contribution < 1.29 is 32.6 Å². The number of aliphatic carboxylic acids is 1. The van der Waals surface area contributed by atoms with Gasteiger partial charge in [0.25, 0.3) is 5.91 Å².